The van der Waals surface area contributed by atoms with E-state index in [0.717, 1.165) is 5.56 Å². The fourth-order valence-corrected chi connectivity index (χ4v) is 1.50. The number of nitrogens with two attached hydrogens (primary N) is 1. The molecule has 0 fully saturated rings. The summed E-state index contributed by atoms with van der Waals surface area (Å²) in [5.41, 5.74) is 6.39. The number of ketones is 1. The van der Waals surface area contributed by atoms with Crippen molar-refractivity contribution in [3.05, 3.63) is 35.4 Å². The molecule has 0 aliphatic heterocycles. The van der Waals surface area contributed by atoms with E-state index in [4.69, 9.17) is 5.73 Å². The maximum Gasteiger partial charge on any atom is 0.277 e. The van der Waals surface area contributed by atoms with Crippen LogP contribution in [0.1, 0.15) is 28.8 Å². The van der Waals surface area contributed by atoms with E-state index < -0.39 is 24.9 Å². The van der Waals surface area contributed by atoms with Crippen LogP contribution in [0, 0.1) is 6.92 Å². The van der Waals surface area contributed by atoms with Crippen molar-refractivity contribution in [2.24, 2.45) is 5.73 Å². The number of alkyl halides is 2. The number of hydrogen-bond acceptors (Lipinski definition) is 3. The molecule has 0 aromatic heterocycles. The van der Waals surface area contributed by atoms with Gasteiger partial charge in [0.2, 0.25) is 5.91 Å². The van der Waals surface area contributed by atoms with E-state index in [-0.39, 0.29) is 31.0 Å². The van der Waals surface area contributed by atoms with Crippen LogP contribution in [0.25, 0.3) is 0 Å². The first-order valence-electron chi connectivity index (χ1n) is 6.28. The summed E-state index contributed by atoms with van der Waals surface area (Å²) in [5.74, 6) is -3.89. The number of hydrogen-bond donors (Lipinski definition) is 2. The molecule has 118 valence electrons. The molecular formula is C14H19ClF2N2O2. The van der Waals surface area contributed by atoms with E-state index in [1.807, 2.05) is 6.92 Å². The molecule has 3 N–H and O–H groups in total. The summed E-state index contributed by atoms with van der Waals surface area (Å²) >= 11 is 0. The first-order valence-corrected chi connectivity index (χ1v) is 6.28. The standard InChI is InChI=1S/C14H18F2N2O2.ClH/c1-10-2-4-11(5-3-10)12(19)6-7-13(20)18-9-14(15,16)8-17;/h2-5H,6-9,17H2,1H3,(H,18,20);1H. The van der Waals surface area contributed by atoms with Gasteiger partial charge in [-0.1, -0.05) is 29.8 Å². The molecule has 0 aliphatic carbocycles. The molecule has 0 aliphatic rings. The van der Waals surface area contributed by atoms with Gasteiger partial charge in [-0.3, -0.25) is 9.59 Å². The van der Waals surface area contributed by atoms with Gasteiger partial charge >= 0.3 is 0 Å². The number of nitrogens with one attached hydrogen (secondary N) is 1. The number of carbonyl (C=O) groups is 2. The Morgan fingerprint density at radius 1 is 1.19 bits per heavy atom. The van der Waals surface area contributed by atoms with Gasteiger partial charge in [0.15, 0.2) is 5.78 Å². The van der Waals surface area contributed by atoms with Crippen molar-refractivity contribution in [1.82, 2.24) is 5.32 Å². The maximum absolute atomic E-state index is 12.8. The fourth-order valence-electron chi connectivity index (χ4n) is 1.50. The van der Waals surface area contributed by atoms with Crippen LogP contribution >= 0.6 is 12.4 Å². The average Bonchev–Trinajstić information content (AvgIpc) is 2.43. The summed E-state index contributed by atoms with van der Waals surface area (Å²) in [7, 11) is 0. The summed E-state index contributed by atoms with van der Waals surface area (Å²) < 4.78 is 25.6. The minimum atomic E-state index is -3.11. The van der Waals surface area contributed by atoms with Gasteiger partial charge in [-0.25, -0.2) is 8.78 Å². The molecule has 0 bridgehead atoms. The normalized spacial score (nSPS) is 10.7. The molecule has 21 heavy (non-hydrogen) atoms. The van der Waals surface area contributed by atoms with Crippen molar-refractivity contribution in [2.75, 3.05) is 13.1 Å². The van der Waals surface area contributed by atoms with Gasteiger partial charge in [-0.15, -0.1) is 12.4 Å². The van der Waals surface area contributed by atoms with Crippen LogP contribution in [-0.2, 0) is 4.79 Å². The van der Waals surface area contributed by atoms with Gasteiger partial charge in [-0.05, 0) is 6.92 Å². The summed E-state index contributed by atoms with van der Waals surface area (Å²) in [6, 6.07) is 6.96. The highest BCUT2D eigenvalue weighted by Gasteiger charge is 2.27. The van der Waals surface area contributed by atoms with Gasteiger partial charge in [0.1, 0.15) is 0 Å². The van der Waals surface area contributed by atoms with Crippen LogP contribution < -0.4 is 11.1 Å². The molecule has 0 saturated heterocycles. The highest BCUT2D eigenvalue weighted by atomic mass is 35.5. The van der Waals surface area contributed by atoms with Crippen LogP contribution in [0.4, 0.5) is 8.78 Å². The number of aryl methyl sites for hydroxylation is 1. The van der Waals surface area contributed by atoms with E-state index in [2.05, 4.69) is 5.32 Å². The number of rotatable bonds is 7. The second kappa shape index (κ2) is 8.69. The molecule has 0 saturated carbocycles. The maximum atomic E-state index is 12.8. The van der Waals surface area contributed by atoms with Crippen molar-refractivity contribution in [3.8, 4) is 0 Å². The Labute approximate surface area is 128 Å². The highest BCUT2D eigenvalue weighted by molar-refractivity contribution is 5.97. The van der Waals surface area contributed by atoms with Crippen LogP contribution in [0.15, 0.2) is 24.3 Å². The SMILES string of the molecule is Cc1ccc(C(=O)CCC(=O)NCC(F)(F)CN)cc1.Cl. The summed E-state index contributed by atoms with van der Waals surface area (Å²) in [6.45, 7) is 0.274. The van der Waals surface area contributed by atoms with Crippen LogP contribution in [0.3, 0.4) is 0 Å². The van der Waals surface area contributed by atoms with Crippen LogP contribution in [-0.4, -0.2) is 30.7 Å². The molecule has 0 unspecified atom stereocenters. The highest BCUT2D eigenvalue weighted by Crippen LogP contribution is 2.10. The lowest BCUT2D eigenvalue weighted by Gasteiger charge is -2.14. The number of benzene rings is 1. The smallest absolute Gasteiger partial charge is 0.277 e. The largest absolute Gasteiger partial charge is 0.350 e. The Hall–Kier alpha value is -1.53. The number of carbonyl (C=O) groups excluding carboxylic acids is 2. The third-order valence-corrected chi connectivity index (χ3v) is 2.80. The Morgan fingerprint density at radius 2 is 1.76 bits per heavy atom. The van der Waals surface area contributed by atoms with Crippen molar-refractivity contribution in [3.63, 3.8) is 0 Å². The molecular weight excluding hydrogens is 302 g/mol. The summed E-state index contributed by atoms with van der Waals surface area (Å²) in [4.78, 5) is 23.1. The van der Waals surface area contributed by atoms with Crippen molar-refractivity contribution in [2.45, 2.75) is 25.7 Å². The van der Waals surface area contributed by atoms with Gasteiger partial charge in [0, 0.05) is 18.4 Å². The van der Waals surface area contributed by atoms with Crippen molar-refractivity contribution in [1.29, 1.82) is 0 Å². The zero-order valence-corrected chi connectivity index (χ0v) is 12.5. The predicted molar refractivity (Wildman–Crippen MR) is 79.0 cm³/mol. The van der Waals surface area contributed by atoms with E-state index in [1.54, 1.807) is 24.3 Å². The summed E-state index contributed by atoms with van der Waals surface area (Å²) in [6.07, 6.45) is -0.129. The van der Waals surface area contributed by atoms with Crippen LogP contribution in [0.5, 0.6) is 0 Å². The van der Waals surface area contributed by atoms with E-state index in [1.165, 1.54) is 0 Å². The Bertz CT molecular complexity index is 478. The number of halogens is 3. The zero-order chi connectivity index (χ0) is 15.2. The first kappa shape index (κ1) is 19.5. The first-order chi connectivity index (χ1) is 9.34. The Balaban J connectivity index is 0.00000400. The third-order valence-electron chi connectivity index (χ3n) is 2.80. The quantitative estimate of drug-likeness (QED) is 0.756. The molecule has 4 nitrogen and oxygen atoms in total. The van der Waals surface area contributed by atoms with E-state index in [0.29, 0.717) is 5.56 Å². The molecule has 7 heteroatoms. The molecule has 1 aromatic carbocycles. The second-order valence-electron chi connectivity index (χ2n) is 4.63. The molecule has 0 heterocycles. The van der Waals surface area contributed by atoms with Gasteiger partial charge in [-0.2, -0.15) is 0 Å². The fraction of sp³-hybridized carbons (Fsp3) is 0.429. The van der Waals surface area contributed by atoms with Crippen molar-refractivity contribution < 1.29 is 18.4 Å². The molecule has 1 rings (SSSR count). The average molecular weight is 321 g/mol. The molecule has 0 spiro atoms. The number of Topliss-reactive ketones (excluding diaryl/α,β-unsaturated/α-hetero) is 1. The third kappa shape index (κ3) is 7.15. The Morgan fingerprint density at radius 3 is 2.29 bits per heavy atom. The minimum Gasteiger partial charge on any atom is -0.350 e. The van der Waals surface area contributed by atoms with Crippen molar-refractivity contribution >= 4 is 24.1 Å². The monoisotopic (exact) mass is 320 g/mol. The Kier molecular flexibility index (Phi) is 8.06. The van der Waals surface area contributed by atoms with Gasteiger partial charge in [0.05, 0.1) is 13.1 Å². The predicted octanol–water partition coefficient (Wildman–Crippen LogP) is 2.09. The summed E-state index contributed by atoms with van der Waals surface area (Å²) in [5, 5.41) is 2.07. The van der Waals surface area contributed by atoms with Gasteiger partial charge in [0.25, 0.3) is 5.92 Å². The molecule has 1 amide bonds. The lowest BCUT2D eigenvalue weighted by Crippen LogP contribution is -2.41. The number of amides is 1. The minimum absolute atomic E-state index is 0. The topological polar surface area (TPSA) is 72.2 Å². The second-order valence-corrected chi connectivity index (χ2v) is 4.63. The zero-order valence-electron chi connectivity index (χ0n) is 11.7. The van der Waals surface area contributed by atoms with Crippen LogP contribution in [0.2, 0.25) is 0 Å². The van der Waals surface area contributed by atoms with E-state index >= 15 is 0 Å². The lowest BCUT2D eigenvalue weighted by molar-refractivity contribution is -0.122. The molecule has 1 aromatic rings. The van der Waals surface area contributed by atoms with E-state index in [9.17, 15) is 18.4 Å². The molecule has 0 radical (unpaired) electrons. The van der Waals surface area contributed by atoms with Gasteiger partial charge < -0.3 is 11.1 Å². The molecule has 0 atom stereocenters. The lowest BCUT2D eigenvalue weighted by atomic mass is 10.0.